The van der Waals surface area contributed by atoms with Crippen LogP contribution in [-0.4, -0.2) is 9.96 Å². The standard InChI is InChI=1S/C11H15NOS/c1-7-3-4-10-9(5-7)11(12)8(2)6-14(10)13/h3-5,8,11H,6,12H2,1-2H3. The van der Waals surface area contributed by atoms with Crippen LogP contribution in [0.2, 0.25) is 0 Å². The topological polar surface area (TPSA) is 43.1 Å². The molecule has 1 aliphatic rings. The molecule has 0 spiro atoms. The second-order valence-corrected chi connectivity index (χ2v) is 5.52. The second-order valence-electron chi connectivity index (χ2n) is 4.06. The van der Waals surface area contributed by atoms with Gasteiger partial charge in [0.1, 0.15) is 0 Å². The number of rotatable bonds is 0. The highest BCUT2D eigenvalue weighted by Crippen LogP contribution is 2.32. The van der Waals surface area contributed by atoms with E-state index >= 15 is 0 Å². The van der Waals surface area contributed by atoms with Crippen molar-refractivity contribution in [3.63, 3.8) is 0 Å². The van der Waals surface area contributed by atoms with Crippen LogP contribution in [0.4, 0.5) is 0 Å². The smallest absolute Gasteiger partial charge is 0.0536 e. The maximum atomic E-state index is 11.8. The van der Waals surface area contributed by atoms with E-state index in [9.17, 15) is 4.21 Å². The van der Waals surface area contributed by atoms with E-state index in [0.29, 0.717) is 11.7 Å². The fourth-order valence-corrected chi connectivity index (χ4v) is 3.42. The Hall–Kier alpha value is -0.670. The number of hydrogen-bond acceptors (Lipinski definition) is 2. The highest BCUT2D eigenvalue weighted by atomic mass is 32.2. The van der Waals surface area contributed by atoms with Gasteiger partial charge in [0, 0.05) is 16.7 Å². The van der Waals surface area contributed by atoms with Crippen molar-refractivity contribution in [1.29, 1.82) is 0 Å². The van der Waals surface area contributed by atoms with Gasteiger partial charge in [-0.1, -0.05) is 24.6 Å². The Balaban J connectivity index is 2.56. The zero-order chi connectivity index (χ0) is 10.3. The predicted octanol–water partition coefficient (Wildman–Crippen LogP) is 1.75. The number of fused-ring (bicyclic) bond motifs is 1. The van der Waals surface area contributed by atoms with Crippen molar-refractivity contribution < 1.29 is 4.21 Å². The van der Waals surface area contributed by atoms with Gasteiger partial charge in [0.25, 0.3) is 0 Å². The Kier molecular flexibility index (Phi) is 2.45. The minimum atomic E-state index is -0.854. The third kappa shape index (κ3) is 1.51. The van der Waals surface area contributed by atoms with Gasteiger partial charge in [-0.05, 0) is 24.5 Å². The van der Waals surface area contributed by atoms with E-state index in [-0.39, 0.29) is 6.04 Å². The molecule has 3 unspecified atom stereocenters. The van der Waals surface area contributed by atoms with Crippen LogP contribution in [0.5, 0.6) is 0 Å². The molecular formula is C11H15NOS. The molecule has 0 saturated carbocycles. The maximum Gasteiger partial charge on any atom is 0.0536 e. The monoisotopic (exact) mass is 209 g/mol. The Bertz CT molecular complexity index is 389. The van der Waals surface area contributed by atoms with E-state index in [1.165, 1.54) is 5.56 Å². The molecule has 0 saturated heterocycles. The van der Waals surface area contributed by atoms with E-state index in [0.717, 1.165) is 10.5 Å². The van der Waals surface area contributed by atoms with Crippen LogP contribution in [0.1, 0.15) is 24.1 Å². The van der Waals surface area contributed by atoms with Gasteiger partial charge in [-0.2, -0.15) is 0 Å². The summed E-state index contributed by atoms with van der Waals surface area (Å²) in [7, 11) is -0.854. The minimum absolute atomic E-state index is 0.0441. The zero-order valence-corrected chi connectivity index (χ0v) is 9.30. The lowest BCUT2D eigenvalue weighted by molar-refractivity contribution is 0.496. The van der Waals surface area contributed by atoms with Crippen molar-refractivity contribution in [2.24, 2.45) is 11.7 Å². The number of benzene rings is 1. The Morgan fingerprint density at radius 3 is 2.93 bits per heavy atom. The van der Waals surface area contributed by atoms with Gasteiger partial charge in [0.2, 0.25) is 0 Å². The normalized spacial score (nSPS) is 31.2. The molecular weight excluding hydrogens is 194 g/mol. The first-order chi connectivity index (χ1) is 6.59. The van der Waals surface area contributed by atoms with E-state index in [4.69, 9.17) is 5.73 Å². The lowest BCUT2D eigenvalue weighted by atomic mass is 9.95. The summed E-state index contributed by atoms with van der Waals surface area (Å²) in [5.74, 6) is 1.00. The van der Waals surface area contributed by atoms with Crippen molar-refractivity contribution in [1.82, 2.24) is 0 Å². The average molecular weight is 209 g/mol. The molecule has 2 nitrogen and oxygen atoms in total. The highest BCUT2D eigenvalue weighted by molar-refractivity contribution is 7.85. The zero-order valence-electron chi connectivity index (χ0n) is 8.49. The van der Waals surface area contributed by atoms with Gasteiger partial charge in [0.15, 0.2) is 0 Å². The first-order valence-electron chi connectivity index (χ1n) is 4.84. The quantitative estimate of drug-likeness (QED) is 0.707. The summed E-state index contributed by atoms with van der Waals surface area (Å²) < 4.78 is 11.8. The van der Waals surface area contributed by atoms with Crippen molar-refractivity contribution in [3.8, 4) is 0 Å². The van der Waals surface area contributed by atoms with E-state index in [1.54, 1.807) is 0 Å². The van der Waals surface area contributed by atoms with Crippen LogP contribution in [0, 0.1) is 12.8 Å². The summed E-state index contributed by atoms with van der Waals surface area (Å²) >= 11 is 0. The molecule has 1 aliphatic heterocycles. The molecule has 1 aromatic rings. The lowest BCUT2D eigenvalue weighted by Gasteiger charge is -2.27. The maximum absolute atomic E-state index is 11.8. The van der Waals surface area contributed by atoms with Crippen molar-refractivity contribution >= 4 is 10.8 Å². The molecule has 14 heavy (non-hydrogen) atoms. The minimum Gasteiger partial charge on any atom is -0.324 e. The Morgan fingerprint density at radius 1 is 1.50 bits per heavy atom. The summed E-state index contributed by atoms with van der Waals surface area (Å²) in [6.07, 6.45) is 0. The van der Waals surface area contributed by atoms with Crippen LogP contribution in [0.15, 0.2) is 23.1 Å². The predicted molar refractivity (Wildman–Crippen MR) is 58.5 cm³/mol. The number of hydrogen-bond donors (Lipinski definition) is 1. The van der Waals surface area contributed by atoms with Gasteiger partial charge in [0.05, 0.1) is 10.8 Å². The van der Waals surface area contributed by atoms with E-state index in [2.05, 4.69) is 13.0 Å². The van der Waals surface area contributed by atoms with Gasteiger partial charge >= 0.3 is 0 Å². The average Bonchev–Trinajstić information content (AvgIpc) is 2.14. The molecule has 0 radical (unpaired) electrons. The van der Waals surface area contributed by atoms with Crippen molar-refractivity contribution in [2.45, 2.75) is 24.8 Å². The molecule has 0 amide bonds. The van der Waals surface area contributed by atoms with Gasteiger partial charge in [-0.15, -0.1) is 0 Å². The molecule has 1 heterocycles. The van der Waals surface area contributed by atoms with E-state index in [1.807, 2.05) is 19.1 Å². The molecule has 0 aliphatic carbocycles. The molecule has 1 aromatic carbocycles. The summed E-state index contributed by atoms with van der Waals surface area (Å²) in [4.78, 5) is 0.932. The third-order valence-corrected chi connectivity index (χ3v) is 4.49. The molecule has 2 N–H and O–H groups in total. The first kappa shape index (κ1) is 9.87. The largest absolute Gasteiger partial charge is 0.324 e. The fraction of sp³-hybridized carbons (Fsp3) is 0.455. The van der Waals surface area contributed by atoms with Gasteiger partial charge in [-0.25, -0.2) is 0 Å². The second kappa shape index (κ2) is 3.48. The lowest BCUT2D eigenvalue weighted by Crippen LogP contribution is -2.29. The van der Waals surface area contributed by atoms with Crippen molar-refractivity contribution in [3.05, 3.63) is 29.3 Å². The summed E-state index contributed by atoms with van der Waals surface area (Å²) in [5, 5.41) is 0. The summed E-state index contributed by atoms with van der Waals surface area (Å²) in [5.41, 5.74) is 8.34. The highest BCUT2D eigenvalue weighted by Gasteiger charge is 2.27. The molecule has 0 aromatic heterocycles. The molecule has 76 valence electrons. The van der Waals surface area contributed by atoms with Crippen LogP contribution in [-0.2, 0) is 10.8 Å². The summed E-state index contributed by atoms with van der Waals surface area (Å²) in [6.45, 7) is 4.10. The fourth-order valence-electron chi connectivity index (χ4n) is 1.87. The van der Waals surface area contributed by atoms with E-state index < -0.39 is 10.8 Å². The molecule has 0 fully saturated rings. The molecule has 2 rings (SSSR count). The van der Waals surface area contributed by atoms with Gasteiger partial charge in [-0.3, -0.25) is 4.21 Å². The van der Waals surface area contributed by atoms with Crippen molar-refractivity contribution in [2.75, 3.05) is 5.75 Å². The summed E-state index contributed by atoms with van der Waals surface area (Å²) in [6, 6.07) is 6.06. The Labute approximate surface area is 87.0 Å². The third-order valence-electron chi connectivity index (χ3n) is 2.80. The molecule has 0 bridgehead atoms. The first-order valence-corrected chi connectivity index (χ1v) is 6.16. The number of aryl methyl sites for hydroxylation is 1. The Morgan fingerprint density at radius 2 is 2.21 bits per heavy atom. The SMILES string of the molecule is Cc1ccc2c(c1)C(N)C(C)CS2=O. The molecule has 3 heteroatoms. The number of nitrogens with two attached hydrogens (primary N) is 1. The van der Waals surface area contributed by atoms with Crippen LogP contribution < -0.4 is 5.73 Å². The van der Waals surface area contributed by atoms with Gasteiger partial charge < -0.3 is 5.73 Å². The van der Waals surface area contributed by atoms with Crippen LogP contribution >= 0.6 is 0 Å². The van der Waals surface area contributed by atoms with Crippen LogP contribution in [0.25, 0.3) is 0 Å². The van der Waals surface area contributed by atoms with Crippen LogP contribution in [0.3, 0.4) is 0 Å². The molecule has 3 atom stereocenters.